The van der Waals surface area contributed by atoms with E-state index in [1.54, 1.807) is 7.11 Å². The van der Waals surface area contributed by atoms with Crippen LogP contribution in [0.5, 0.6) is 5.75 Å². The largest absolute Gasteiger partial charge is 0.496 e. The van der Waals surface area contributed by atoms with Gasteiger partial charge in [-0.15, -0.1) is 0 Å². The van der Waals surface area contributed by atoms with E-state index in [0.717, 1.165) is 28.9 Å². The van der Waals surface area contributed by atoms with Crippen LogP contribution in [0.25, 0.3) is 0 Å². The monoisotopic (exact) mass is 296 g/mol. The molecule has 0 unspecified atom stereocenters. The fourth-order valence-electron chi connectivity index (χ4n) is 2.11. The van der Waals surface area contributed by atoms with Crippen LogP contribution in [0.2, 0.25) is 0 Å². The van der Waals surface area contributed by atoms with E-state index in [1.807, 2.05) is 18.2 Å². The molecule has 1 aliphatic heterocycles. The molecule has 0 aromatic heterocycles. The van der Waals surface area contributed by atoms with Crippen LogP contribution < -0.4 is 4.74 Å². The first-order valence-corrected chi connectivity index (χ1v) is 6.69. The number of hydrogen-bond donors (Lipinski definition) is 1. The Morgan fingerprint density at radius 3 is 2.59 bits per heavy atom. The van der Waals surface area contributed by atoms with E-state index in [1.165, 1.54) is 19.3 Å². The first-order chi connectivity index (χ1) is 8.22. The molecule has 0 saturated carbocycles. The lowest BCUT2D eigenvalue weighted by Crippen LogP contribution is -2.35. The highest BCUT2D eigenvalue weighted by molar-refractivity contribution is 9.10. The Hall–Kier alpha value is -1.03. The number of rotatable bonds is 2. The van der Waals surface area contributed by atoms with Crippen molar-refractivity contribution in [2.24, 2.45) is 0 Å². The van der Waals surface area contributed by atoms with E-state index in [4.69, 9.17) is 10.1 Å². The van der Waals surface area contributed by atoms with Gasteiger partial charge in [0, 0.05) is 18.7 Å². The molecule has 1 saturated heterocycles. The van der Waals surface area contributed by atoms with Gasteiger partial charge < -0.3 is 9.64 Å². The summed E-state index contributed by atoms with van der Waals surface area (Å²) in [5.41, 5.74) is 0.944. The normalized spacial score (nSPS) is 15.8. The second kappa shape index (κ2) is 5.54. The summed E-state index contributed by atoms with van der Waals surface area (Å²) in [6, 6.07) is 5.80. The van der Waals surface area contributed by atoms with E-state index in [9.17, 15) is 0 Å². The van der Waals surface area contributed by atoms with Gasteiger partial charge in [0.05, 0.1) is 11.6 Å². The van der Waals surface area contributed by atoms with E-state index >= 15 is 0 Å². The smallest absolute Gasteiger partial charge is 0.133 e. The molecule has 0 amide bonds. The lowest BCUT2D eigenvalue weighted by atomic mass is 10.1. The molecule has 1 aromatic carbocycles. The maximum Gasteiger partial charge on any atom is 0.133 e. The van der Waals surface area contributed by atoms with Gasteiger partial charge in [-0.1, -0.05) is 0 Å². The number of likely N-dealkylation sites (tertiary alicyclic amines) is 1. The Morgan fingerprint density at radius 1 is 1.29 bits per heavy atom. The van der Waals surface area contributed by atoms with Crippen molar-refractivity contribution in [3.8, 4) is 5.75 Å². The van der Waals surface area contributed by atoms with Crippen molar-refractivity contribution < 1.29 is 4.74 Å². The highest BCUT2D eigenvalue weighted by Gasteiger charge is 2.15. The molecule has 0 bridgehead atoms. The quantitative estimate of drug-likeness (QED) is 0.672. The molecular formula is C13H17BrN2O. The minimum absolute atomic E-state index is 0.619. The van der Waals surface area contributed by atoms with Crippen molar-refractivity contribution in [1.82, 2.24) is 4.90 Å². The van der Waals surface area contributed by atoms with Crippen LogP contribution in [0.3, 0.4) is 0 Å². The highest BCUT2D eigenvalue weighted by Crippen LogP contribution is 2.26. The second-order valence-corrected chi connectivity index (χ2v) is 5.10. The summed E-state index contributed by atoms with van der Waals surface area (Å²) < 4.78 is 6.10. The van der Waals surface area contributed by atoms with Crippen molar-refractivity contribution in [3.63, 3.8) is 0 Å². The Balaban J connectivity index is 2.16. The van der Waals surface area contributed by atoms with Gasteiger partial charge in [0.2, 0.25) is 0 Å². The van der Waals surface area contributed by atoms with Crippen molar-refractivity contribution in [2.45, 2.75) is 19.3 Å². The SMILES string of the molecule is COc1ccc(C(=N)N2CCCCC2)cc1Br. The van der Waals surface area contributed by atoms with Crippen molar-refractivity contribution in [1.29, 1.82) is 5.41 Å². The van der Waals surface area contributed by atoms with E-state index in [2.05, 4.69) is 20.8 Å². The average molecular weight is 297 g/mol. The summed E-state index contributed by atoms with van der Waals surface area (Å²) in [6.07, 6.45) is 3.68. The molecule has 3 nitrogen and oxygen atoms in total. The van der Waals surface area contributed by atoms with Crippen molar-refractivity contribution in [2.75, 3.05) is 20.2 Å². The Bertz CT molecular complexity index is 414. The van der Waals surface area contributed by atoms with Crippen LogP contribution in [0.1, 0.15) is 24.8 Å². The Labute approximate surface area is 110 Å². The molecule has 4 heteroatoms. The van der Waals surface area contributed by atoms with Gasteiger partial charge in [-0.2, -0.15) is 0 Å². The second-order valence-electron chi connectivity index (χ2n) is 4.25. The molecule has 1 heterocycles. The number of piperidine rings is 1. The molecule has 2 rings (SSSR count). The molecule has 0 atom stereocenters. The molecule has 0 spiro atoms. The molecule has 1 aliphatic rings. The number of halogens is 1. The number of nitrogens with one attached hydrogen (secondary N) is 1. The van der Waals surface area contributed by atoms with Gasteiger partial charge in [-0.05, 0) is 53.4 Å². The lowest BCUT2D eigenvalue weighted by molar-refractivity contribution is 0.341. The molecule has 17 heavy (non-hydrogen) atoms. The first kappa shape index (κ1) is 12.4. The molecule has 1 N–H and O–H groups in total. The summed E-state index contributed by atoms with van der Waals surface area (Å²) in [7, 11) is 1.65. The molecule has 0 radical (unpaired) electrons. The predicted octanol–water partition coefficient (Wildman–Crippen LogP) is 3.27. The van der Waals surface area contributed by atoms with Gasteiger partial charge in [0.1, 0.15) is 11.6 Å². The minimum Gasteiger partial charge on any atom is -0.496 e. The summed E-state index contributed by atoms with van der Waals surface area (Å²) >= 11 is 3.46. The van der Waals surface area contributed by atoms with Crippen LogP contribution in [0, 0.1) is 5.41 Å². The number of amidine groups is 1. The molecule has 1 fully saturated rings. The molecule has 1 aromatic rings. The van der Waals surface area contributed by atoms with Gasteiger partial charge >= 0.3 is 0 Å². The van der Waals surface area contributed by atoms with Crippen molar-refractivity contribution >= 4 is 21.8 Å². The van der Waals surface area contributed by atoms with Crippen LogP contribution in [0.4, 0.5) is 0 Å². The summed E-state index contributed by atoms with van der Waals surface area (Å²) in [5, 5.41) is 8.21. The van der Waals surface area contributed by atoms with Gasteiger partial charge in [0.15, 0.2) is 0 Å². The number of hydrogen-bond acceptors (Lipinski definition) is 2. The molecular weight excluding hydrogens is 280 g/mol. The zero-order valence-electron chi connectivity index (χ0n) is 10.0. The lowest BCUT2D eigenvalue weighted by Gasteiger charge is -2.29. The zero-order valence-corrected chi connectivity index (χ0v) is 11.6. The third kappa shape index (κ3) is 2.80. The van der Waals surface area contributed by atoms with Crippen LogP contribution in [-0.4, -0.2) is 30.9 Å². The maximum absolute atomic E-state index is 8.21. The number of benzene rings is 1. The standard InChI is InChI=1S/C13H17BrN2O/c1-17-12-6-5-10(9-11(12)14)13(15)16-7-3-2-4-8-16/h5-6,9,15H,2-4,7-8H2,1H3. The van der Waals surface area contributed by atoms with E-state index in [0.29, 0.717) is 5.84 Å². The van der Waals surface area contributed by atoms with Crippen molar-refractivity contribution in [3.05, 3.63) is 28.2 Å². The van der Waals surface area contributed by atoms with Crippen LogP contribution in [-0.2, 0) is 0 Å². The van der Waals surface area contributed by atoms with Gasteiger partial charge in [0.25, 0.3) is 0 Å². The Kier molecular flexibility index (Phi) is 4.05. The molecule has 92 valence electrons. The van der Waals surface area contributed by atoms with Crippen LogP contribution in [0.15, 0.2) is 22.7 Å². The number of methoxy groups -OCH3 is 1. The van der Waals surface area contributed by atoms with E-state index < -0.39 is 0 Å². The third-order valence-electron chi connectivity index (χ3n) is 3.10. The average Bonchev–Trinajstić information content (AvgIpc) is 2.39. The van der Waals surface area contributed by atoms with Crippen LogP contribution >= 0.6 is 15.9 Å². The Morgan fingerprint density at radius 2 is 2.00 bits per heavy atom. The topological polar surface area (TPSA) is 36.3 Å². The summed E-state index contributed by atoms with van der Waals surface area (Å²) in [5.74, 6) is 1.42. The third-order valence-corrected chi connectivity index (χ3v) is 3.72. The predicted molar refractivity (Wildman–Crippen MR) is 72.9 cm³/mol. The number of ether oxygens (including phenoxy) is 1. The maximum atomic E-state index is 8.21. The zero-order chi connectivity index (χ0) is 12.3. The highest BCUT2D eigenvalue weighted by atomic mass is 79.9. The van der Waals surface area contributed by atoms with E-state index in [-0.39, 0.29) is 0 Å². The fourth-order valence-corrected chi connectivity index (χ4v) is 2.65. The first-order valence-electron chi connectivity index (χ1n) is 5.90. The molecule has 0 aliphatic carbocycles. The summed E-state index contributed by atoms with van der Waals surface area (Å²) in [4.78, 5) is 2.15. The fraction of sp³-hybridized carbons (Fsp3) is 0.462. The van der Waals surface area contributed by atoms with Gasteiger partial charge in [-0.3, -0.25) is 5.41 Å². The number of nitrogens with zero attached hydrogens (tertiary/aromatic N) is 1. The van der Waals surface area contributed by atoms with Gasteiger partial charge in [-0.25, -0.2) is 0 Å². The summed E-state index contributed by atoms with van der Waals surface area (Å²) in [6.45, 7) is 2.00. The minimum atomic E-state index is 0.619.